The lowest BCUT2D eigenvalue weighted by molar-refractivity contribution is 0.0963. The fourth-order valence-corrected chi connectivity index (χ4v) is 2.28. The van der Waals surface area contributed by atoms with E-state index in [-0.39, 0.29) is 5.91 Å². The lowest BCUT2D eigenvalue weighted by Gasteiger charge is -2.11. The van der Waals surface area contributed by atoms with Gasteiger partial charge in [0.05, 0.1) is 10.7 Å². The Labute approximate surface area is 134 Å². The molecule has 0 aliphatic carbocycles. The molecule has 0 atom stereocenters. The highest BCUT2D eigenvalue weighted by Gasteiger charge is 2.07. The molecule has 0 saturated heterocycles. The van der Waals surface area contributed by atoms with E-state index in [0.717, 1.165) is 21.8 Å². The number of carbonyl (C=O) groups is 1. The number of carbonyl (C=O) groups excluding carboxylic acids is 1. The van der Waals surface area contributed by atoms with Crippen molar-refractivity contribution in [2.45, 2.75) is 13.5 Å². The van der Waals surface area contributed by atoms with Crippen LogP contribution in [0.5, 0.6) is 0 Å². The van der Waals surface area contributed by atoms with Crippen molar-refractivity contribution in [3.8, 4) is 0 Å². The van der Waals surface area contributed by atoms with Crippen LogP contribution in [0.2, 0.25) is 10.0 Å². The third-order valence-corrected chi connectivity index (χ3v) is 3.91. The molecule has 0 aliphatic rings. The van der Waals surface area contributed by atoms with E-state index in [4.69, 9.17) is 23.2 Å². The van der Waals surface area contributed by atoms with Crippen molar-refractivity contribution >= 4 is 34.8 Å². The molecule has 0 heterocycles. The van der Waals surface area contributed by atoms with Gasteiger partial charge < -0.3 is 10.6 Å². The molecule has 2 aromatic rings. The highest BCUT2D eigenvalue weighted by Crippen LogP contribution is 2.24. The van der Waals surface area contributed by atoms with Crippen LogP contribution in [0.4, 0.5) is 5.69 Å². The number of hydrogen-bond acceptors (Lipinski definition) is 2. The van der Waals surface area contributed by atoms with Gasteiger partial charge in [-0.1, -0.05) is 35.3 Å². The second-order valence-corrected chi connectivity index (χ2v) is 5.53. The minimum Gasteiger partial charge on any atom is -0.380 e. The predicted octanol–water partition coefficient (Wildman–Crippen LogP) is 4.27. The molecule has 5 heteroatoms. The summed E-state index contributed by atoms with van der Waals surface area (Å²) in [7, 11) is 1.60. The summed E-state index contributed by atoms with van der Waals surface area (Å²) in [5, 5.41) is 7.12. The number of halogens is 2. The first-order valence-corrected chi connectivity index (χ1v) is 7.27. The Balaban J connectivity index is 2.15. The van der Waals surface area contributed by atoms with E-state index in [1.165, 1.54) is 0 Å². The molecule has 0 fully saturated rings. The zero-order chi connectivity index (χ0) is 15.4. The van der Waals surface area contributed by atoms with Crippen LogP contribution in [-0.4, -0.2) is 13.0 Å². The van der Waals surface area contributed by atoms with Crippen LogP contribution < -0.4 is 10.6 Å². The molecule has 1 amide bonds. The lowest BCUT2D eigenvalue weighted by atomic mass is 10.1. The SMILES string of the molecule is CNC(=O)c1ccc(Cl)c(NCc2ccc(C)c(Cl)c2)c1. The Morgan fingerprint density at radius 3 is 2.52 bits per heavy atom. The average molecular weight is 323 g/mol. The minimum atomic E-state index is -0.145. The lowest BCUT2D eigenvalue weighted by Crippen LogP contribution is -2.17. The van der Waals surface area contributed by atoms with Crippen molar-refractivity contribution < 1.29 is 4.79 Å². The Bertz CT molecular complexity index is 671. The van der Waals surface area contributed by atoms with Gasteiger partial charge in [0.15, 0.2) is 0 Å². The molecule has 2 N–H and O–H groups in total. The van der Waals surface area contributed by atoms with E-state index in [0.29, 0.717) is 17.1 Å². The number of anilines is 1. The molecule has 0 aliphatic heterocycles. The molecule has 21 heavy (non-hydrogen) atoms. The predicted molar refractivity (Wildman–Crippen MR) is 88.4 cm³/mol. The van der Waals surface area contributed by atoms with Crippen LogP contribution in [0.25, 0.3) is 0 Å². The summed E-state index contributed by atoms with van der Waals surface area (Å²) < 4.78 is 0. The van der Waals surface area contributed by atoms with Gasteiger partial charge in [0, 0.05) is 24.2 Å². The van der Waals surface area contributed by atoms with Gasteiger partial charge in [0.1, 0.15) is 0 Å². The molecular formula is C16H16Cl2N2O. The van der Waals surface area contributed by atoms with Crippen LogP contribution in [0, 0.1) is 6.92 Å². The molecule has 2 aromatic carbocycles. The second-order valence-electron chi connectivity index (χ2n) is 4.71. The van der Waals surface area contributed by atoms with E-state index in [9.17, 15) is 4.79 Å². The molecule has 0 radical (unpaired) electrons. The van der Waals surface area contributed by atoms with E-state index >= 15 is 0 Å². The van der Waals surface area contributed by atoms with Gasteiger partial charge in [-0.2, -0.15) is 0 Å². The average Bonchev–Trinajstić information content (AvgIpc) is 2.49. The number of benzene rings is 2. The quantitative estimate of drug-likeness (QED) is 0.882. The zero-order valence-corrected chi connectivity index (χ0v) is 13.3. The van der Waals surface area contributed by atoms with Crippen molar-refractivity contribution in [2.24, 2.45) is 0 Å². The zero-order valence-electron chi connectivity index (χ0n) is 11.8. The minimum absolute atomic E-state index is 0.145. The van der Waals surface area contributed by atoms with Gasteiger partial charge in [-0.3, -0.25) is 4.79 Å². The smallest absolute Gasteiger partial charge is 0.251 e. The summed E-state index contributed by atoms with van der Waals surface area (Å²) in [6, 6.07) is 11.0. The van der Waals surface area contributed by atoms with Gasteiger partial charge in [-0.15, -0.1) is 0 Å². The number of hydrogen-bond donors (Lipinski definition) is 2. The van der Waals surface area contributed by atoms with Crippen LogP contribution in [-0.2, 0) is 6.54 Å². The fraction of sp³-hybridized carbons (Fsp3) is 0.188. The maximum atomic E-state index is 11.6. The van der Waals surface area contributed by atoms with Crippen molar-refractivity contribution in [3.05, 3.63) is 63.1 Å². The molecule has 0 spiro atoms. The Morgan fingerprint density at radius 1 is 1.10 bits per heavy atom. The van der Waals surface area contributed by atoms with Crippen LogP contribution in [0.15, 0.2) is 36.4 Å². The van der Waals surface area contributed by atoms with Crippen molar-refractivity contribution in [1.82, 2.24) is 5.32 Å². The first-order chi connectivity index (χ1) is 10.0. The van der Waals surface area contributed by atoms with Crippen LogP contribution >= 0.6 is 23.2 Å². The Morgan fingerprint density at radius 2 is 1.86 bits per heavy atom. The first kappa shape index (κ1) is 15.7. The van der Waals surface area contributed by atoms with Crippen LogP contribution in [0.1, 0.15) is 21.5 Å². The third kappa shape index (κ3) is 3.90. The number of nitrogens with one attached hydrogen (secondary N) is 2. The molecule has 0 unspecified atom stereocenters. The summed E-state index contributed by atoms with van der Waals surface area (Å²) in [4.78, 5) is 11.6. The highest BCUT2D eigenvalue weighted by molar-refractivity contribution is 6.33. The largest absolute Gasteiger partial charge is 0.380 e. The van der Waals surface area contributed by atoms with Gasteiger partial charge in [-0.05, 0) is 42.3 Å². The van der Waals surface area contributed by atoms with Gasteiger partial charge in [-0.25, -0.2) is 0 Å². The summed E-state index contributed by atoms with van der Waals surface area (Å²) in [6.07, 6.45) is 0. The summed E-state index contributed by atoms with van der Waals surface area (Å²) in [6.45, 7) is 2.54. The molecule has 110 valence electrons. The van der Waals surface area contributed by atoms with Gasteiger partial charge >= 0.3 is 0 Å². The van der Waals surface area contributed by atoms with E-state index in [1.54, 1.807) is 25.2 Å². The molecule has 0 saturated carbocycles. The van der Waals surface area contributed by atoms with Crippen LogP contribution in [0.3, 0.4) is 0 Å². The molecule has 3 nitrogen and oxygen atoms in total. The maximum absolute atomic E-state index is 11.6. The summed E-state index contributed by atoms with van der Waals surface area (Å²) >= 11 is 12.3. The number of aryl methyl sites for hydroxylation is 1. The van der Waals surface area contributed by atoms with E-state index in [2.05, 4.69) is 10.6 Å². The van der Waals surface area contributed by atoms with Gasteiger partial charge in [0.25, 0.3) is 5.91 Å². The van der Waals surface area contributed by atoms with Crippen molar-refractivity contribution in [1.29, 1.82) is 0 Å². The third-order valence-electron chi connectivity index (χ3n) is 3.17. The fourth-order valence-electron chi connectivity index (χ4n) is 1.89. The molecule has 2 rings (SSSR count). The normalized spacial score (nSPS) is 10.3. The van der Waals surface area contributed by atoms with E-state index < -0.39 is 0 Å². The second kappa shape index (κ2) is 6.83. The standard InChI is InChI=1S/C16H16Cl2N2O/c1-10-3-4-11(7-14(10)18)9-20-15-8-12(16(21)19-2)5-6-13(15)17/h3-8,20H,9H2,1-2H3,(H,19,21). The molecule has 0 bridgehead atoms. The molecular weight excluding hydrogens is 307 g/mol. The van der Waals surface area contributed by atoms with E-state index in [1.807, 2.05) is 25.1 Å². The first-order valence-electron chi connectivity index (χ1n) is 6.52. The maximum Gasteiger partial charge on any atom is 0.251 e. The topological polar surface area (TPSA) is 41.1 Å². The number of amides is 1. The number of rotatable bonds is 4. The highest BCUT2D eigenvalue weighted by atomic mass is 35.5. The summed E-state index contributed by atoms with van der Waals surface area (Å²) in [5.41, 5.74) is 3.37. The summed E-state index contributed by atoms with van der Waals surface area (Å²) in [5.74, 6) is -0.145. The monoisotopic (exact) mass is 322 g/mol. The Hall–Kier alpha value is -1.71. The van der Waals surface area contributed by atoms with Crippen molar-refractivity contribution in [3.63, 3.8) is 0 Å². The Kier molecular flexibility index (Phi) is 5.10. The van der Waals surface area contributed by atoms with Crippen molar-refractivity contribution in [2.75, 3.05) is 12.4 Å². The molecule has 0 aromatic heterocycles. The van der Waals surface area contributed by atoms with Gasteiger partial charge in [0.2, 0.25) is 0 Å².